The third-order valence-corrected chi connectivity index (χ3v) is 6.59. The van der Waals surface area contributed by atoms with Gasteiger partial charge in [0, 0.05) is 30.8 Å². The highest BCUT2D eigenvalue weighted by molar-refractivity contribution is 7.14. The molecule has 2 heterocycles. The number of hydrogen-bond donors (Lipinski definition) is 2. The summed E-state index contributed by atoms with van der Waals surface area (Å²) in [5.41, 5.74) is -0.356. The van der Waals surface area contributed by atoms with Crippen LogP contribution in [0.2, 0.25) is 0 Å². The van der Waals surface area contributed by atoms with Crippen LogP contribution < -0.4 is 0 Å². The van der Waals surface area contributed by atoms with Crippen LogP contribution in [0, 0.1) is 5.92 Å². The fourth-order valence-electron chi connectivity index (χ4n) is 3.81. The number of aliphatic carboxylic acids is 1. The molecule has 0 saturated carbocycles. The lowest BCUT2D eigenvalue weighted by molar-refractivity contribution is -0.162. The average Bonchev–Trinajstić information content (AvgIpc) is 2.98. The minimum absolute atomic E-state index is 0.0196. The molecule has 0 bridgehead atoms. The van der Waals surface area contributed by atoms with E-state index in [1.54, 1.807) is 16.2 Å². The zero-order valence-corrected chi connectivity index (χ0v) is 14.9. The number of carbonyl (C=O) groups is 2. The zero-order chi connectivity index (χ0) is 17.3. The molecule has 1 aromatic heterocycles. The van der Waals surface area contributed by atoms with Crippen LogP contribution in [-0.4, -0.2) is 45.7 Å². The fourth-order valence-corrected chi connectivity index (χ4v) is 4.98. The Morgan fingerprint density at radius 1 is 1.38 bits per heavy atom. The Morgan fingerprint density at radius 3 is 2.71 bits per heavy atom. The SMILES string of the molecule is CCC[C@H]1CCc2sc(C(=O)N3CCC(O)(C(=O)O)CC3)cc2C1. The third-order valence-electron chi connectivity index (χ3n) is 5.37. The van der Waals surface area contributed by atoms with Gasteiger partial charge >= 0.3 is 5.97 Å². The number of nitrogens with zero attached hydrogens (tertiary/aromatic N) is 1. The minimum atomic E-state index is -1.68. The highest BCUT2D eigenvalue weighted by Crippen LogP contribution is 2.35. The molecule has 1 aromatic rings. The van der Waals surface area contributed by atoms with Crippen LogP contribution in [-0.2, 0) is 17.6 Å². The molecule has 0 aromatic carbocycles. The molecule has 2 aliphatic rings. The van der Waals surface area contributed by atoms with E-state index in [4.69, 9.17) is 5.11 Å². The van der Waals surface area contributed by atoms with Crippen molar-refractivity contribution in [2.24, 2.45) is 5.92 Å². The molecule has 3 rings (SSSR count). The summed E-state index contributed by atoms with van der Waals surface area (Å²) in [5, 5.41) is 19.1. The van der Waals surface area contributed by atoms with Gasteiger partial charge in [-0.2, -0.15) is 0 Å². The predicted molar refractivity (Wildman–Crippen MR) is 92.5 cm³/mol. The number of aliphatic hydroxyl groups is 1. The van der Waals surface area contributed by atoms with Gasteiger partial charge in [0.05, 0.1) is 4.88 Å². The monoisotopic (exact) mass is 351 g/mol. The first-order valence-corrected chi connectivity index (χ1v) is 9.61. The minimum Gasteiger partial charge on any atom is -0.479 e. The topological polar surface area (TPSA) is 77.8 Å². The molecular weight excluding hydrogens is 326 g/mol. The maximum absolute atomic E-state index is 12.7. The molecule has 2 N–H and O–H groups in total. The number of rotatable bonds is 4. The van der Waals surface area contributed by atoms with Gasteiger partial charge in [-0.3, -0.25) is 4.79 Å². The quantitative estimate of drug-likeness (QED) is 0.874. The Labute approximate surface area is 146 Å². The fraction of sp³-hybridized carbons (Fsp3) is 0.667. The molecule has 1 amide bonds. The first kappa shape index (κ1) is 17.4. The number of carboxylic acid groups (broad SMARTS) is 1. The highest BCUT2D eigenvalue weighted by atomic mass is 32.1. The van der Waals surface area contributed by atoms with Crippen molar-refractivity contribution in [2.75, 3.05) is 13.1 Å². The summed E-state index contributed by atoms with van der Waals surface area (Å²) < 4.78 is 0. The van der Waals surface area contributed by atoms with E-state index in [1.165, 1.54) is 29.7 Å². The Morgan fingerprint density at radius 2 is 2.08 bits per heavy atom. The maximum atomic E-state index is 12.7. The molecule has 24 heavy (non-hydrogen) atoms. The summed E-state index contributed by atoms with van der Waals surface area (Å²) in [6, 6.07) is 2.04. The lowest BCUT2D eigenvalue weighted by Gasteiger charge is -2.35. The number of likely N-dealkylation sites (tertiary alicyclic amines) is 1. The molecule has 0 unspecified atom stereocenters. The van der Waals surface area contributed by atoms with Gasteiger partial charge in [0.15, 0.2) is 5.60 Å². The van der Waals surface area contributed by atoms with Gasteiger partial charge in [0.25, 0.3) is 5.91 Å². The summed E-state index contributed by atoms with van der Waals surface area (Å²) in [6.45, 7) is 2.80. The number of carbonyl (C=O) groups excluding carboxylic acids is 1. The van der Waals surface area contributed by atoms with Crippen molar-refractivity contribution in [3.05, 3.63) is 21.4 Å². The second-order valence-electron chi connectivity index (χ2n) is 7.09. The number of carboxylic acids is 1. The molecule has 1 fully saturated rings. The largest absolute Gasteiger partial charge is 0.479 e. The average molecular weight is 351 g/mol. The van der Waals surface area contributed by atoms with Crippen molar-refractivity contribution < 1.29 is 19.8 Å². The van der Waals surface area contributed by atoms with Crippen molar-refractivity contribution in [3.63, 3.8) is 0 Å². The second-order valence-corrected chi connectivity index (χ2v) is 8.22. The lowest BCUT2D eigenvalue weighted by Crippen LogP contribution is -2.50. The molecular formula is C18H25NO4S. The number of hydrogen-bond acceptors (Lipinski definition) is 4. The molecule has 6 heteroatoms. The zero-order valence-electron chi connectivity index (χ0n) is 14.1. The first-order valence-electron chi connectivity index (χ1n) is 8.79. The molecule has 0 spiro atoms. The highest BCUT2D eigenvalue weighted by Gasteiger charge is 2.40. The van der Waals surface area contributed by atoms with Gasteiger partial charge < -0.3 is 15.1 Å². The summed E-state index contributed by atoms with van der Waals surface area (Å²) >= 11 is 1.59. The second kappa shape index (κ2) is 6.84. The summed E-state index contributed by atoms with van der Waals surface area (Å²) in [4.78, 5) is 27.6. The third kappa shape index (κ3) is 3.35. The summed E-state index contributed by atoms with van der Waals surface area (Å²) in [7, 11) is 0. The van der Waals surface area contributed by atoms with E-state index >= 15 is 0 Å². The van der Waals surface area contributed by atoms with Gasteiger partial charge in [-0.15, -0.1) is 11.3 Å². The number of thiophene rings is 1. The molecule has 1 saturated heterocycles. The van der Waals surface area contributed by atoms with Crippen molar-refractivity contribution >= 4 is 23.2 Å². The number of amides is 1. The van der Waals surface area contributed by atoms with Gasteiger partial charge in [-0.25, -0.2) is 4.79 Å². The van der Waals surface area contributed by atoms with Gasteiger partial charge in [0.2, 0.25) is 0 Å². The van der Waals surface area contributed by atoms with E-state index in [9.17, 15) is 14.7 Å². The Kier molecular flexibility index (Phi) is 4.97. The number of piperidine rings is 1. The predicted octanol–water partition coefficient (Wildman–Crippen LogP) is 2.70. The van der Waals surface area contributed by atoms with Gasteiger partial charge in [-0.1, -0.05) is 19.8 Å². The molecule has 132 valence electrons. The molecule has 1 aliphatic heterocycles. The summed E-state index contributed by atoms with van der Waals surface area (Å²) in [6.07, 6.45) is 6.00. The number of aryl methyl sites for hydroxylation is 1. The van der Waals surface area contributed by atoms with Crippen LogP contribution >= 0.6 is 11.3 Å². The molecule has 1 atom stereocenters. The van der Waals surface area contributed by atoms with E-state index in [2.05, 4.69) is 6.92 Å². The first-order chi connectivity index (χ1) is 11.4. The molecule has 0 radical (unpaired) electrons. The van der Waals surface area contributed by atoms with E-state index in [0.29, 0.717) is 13.1 Å². The Balaban J connectivity index is 1.66. The van der Waals surface area contributed by atoms with E-state index in [0.717, 1.165) is 23.6 Å². The molecule has 1 aliphatic carbocycles. The van der Waals surface area contributed by atoms with E-state index < -0.39 is 11.6 Å². The lowest BCUT2D eigenvalue weighted by atomic mass is 9.85. The van der Waals surface area contributed by atoms with Crippen LogP contribution in [0.3, 0.4) is 0 Å². The Hall–Kier alpha value is -1.40. The van der Waals surface area contributed by atoms with Gasteiger partial charge in [0.1, 0.15) is 0 Å². The van der Waals surface area contributed by atoms with E-state index in [1.807, 2.05) is 6.07 Å². The van der Waals surface area contributed by atoms with Crippen LogP contribution in [0.5, 0.6) is 0 Å². The van der Waals surface area contributed by atoms with Crippen LogP contribution in [0.15, 0.2) is 6.07 Å². The van der Waals surface area contributed by atoms with Crippen molar-refractivity contribution in [1.82, 2.24) is 4.90 Å². The normalized spacial score (nSPS) is 22.9. The van der Waals surface area contributed by atoms with Crippen LogP contribution in [0.25, 0.3) is 0 Å². The number of fused-ring (bicyclic) bond motifs is 1. The maximum Gasteiger partial charge on any atom is 0.335 e. The van der Waals surface area contributed by atoms with Gasteiger partial charge in [-0.05, 0) is 36.8 Å². The smallest absolute Gasteiger partial charge is 0.335 e. The molecule has 5 nitrogen and oxygen atoms in total. The van der Waals surface area contributed by atoms with E-state index in [-0.39, 0.29) is 18.7 Å². The van der Waals surface area contributed by atoms with Crippen LogP contribution in [0.4, 0.5) is 0 Å². The standard InChI is InChI=1S/C18H25NO4S/c1-2-3-12-4-5-14-13(10-12)11-15(24-14)16(20)19-8-6-18(23,7-9-19)17(21)22/h11-12,23H,2-10H2,1H3,(H,21,22)/t12-/m0/s1. The van der Waals surface area contributed by atoms with Crippen molar-refractivity contribution in [3.8, 4) is 0 Å². The van der Waals surface area contributed by atoms with Crippen molar-refractivity contribution in [1.29, 1.82) is 0 Å². The Bertz CT molecular complexity index is 631. The van der Waals surface area contributed by atoms with Crippen LogP contribution in [0.1, 0.15) is 59.1 Å². The summed E-state index contributed by atoms with van der Waals surface area (Å²) in [5.74, 6) is -0.474. The van der Waals surface area contributed by atoms with Crippen molar-refractivity contribution in [2.45, 2.75) is 57.5 Å².